The van der Waals surface area contributed by atoms with Gasteiger partial charge in [0.1, 0.15) is 12.6 Å². The first-order chi connectivity index (χ1) is 11.4. The summed E-state index contributed by atoms with van der Waals surface area (Å²) in [6.07, 6.45) is 0. The molecule has 1 heterocycles. The molecule has 2 N–H and O–H groups in total. The molecule has 2 rings (SSSR count). The van der Waals surface area contributed by atoms with Gasteiger partial charge in [0, 0.05) is 12.5 Å². The maximum atomic E-state index is 12.7. The Morgan fingerprint density at radius 1 is 1.25 bits per heavy atom. The lowest BCUT2D eigenvalue weighted by molar-refractivity contribution is -0.917. The number of hydrogen-bond donors (Lipinski definition) is 2. The van der Waals surface area contributed by atoms with Crippen LogP contribution >= 0.6 is 0 Å². The van der Waals surface area contributed by atoms with Crippen LogP contribution in [0.15, 0.2) is 24.3 Å². The Labute approximate surface area is 145 Å². The molecule has 1 aliphatic rings. The summed E-state index contributed by atoms with van der Waals surface area (Å²) in [4.78, 5) is 27.4. The van der Waals surface area contributed by atoms with Crippen LogP contribution in [-0.4, -0.2) is 48.9 Å². The lowest BCUT2D eigenvalue weighted by Gasteiger charge is -2.35. The SMILES string of the molecule is CC(=O)N[C@@H](C(=O)N1CC[NH+](Cc2cccc(C)c2)CC1)C(C)C. The van der Waals surface area contributed by atoms with Crippen molar-refractivity contribution in [2.45, 2.75) is 40.3 Å². The molecule has 0 saturated carbocycles. The molecule has 5 heteroatoms. The summed E-state index contributed by atoms with van der Waals surface area (Å²) in [5, 5.41) is 2.80. The van der Waals surface area contributed by atoms with Gasteiger partial charge in [0.2, 0.25) is 11.8 Å². The van der Waals surface area contributed by atoms with Crippen molar-refractivity contribution in [2.75, 3.05) is 26.2 Å². The highest BCUT2D eigenvalue weighted by Crippen LogP contribution is 2.07. The number of aryl methyl sites for hydroxylation is 1. The van der Waals surface area contributed by atoms with E-state index < -0.39 is 6.04 Å². The third kappa shape index (κ3) is 5.06. The fourth-order valence-corrected chi connectivity index (χ4v) is 3.26. The normalized spacial score (nSPS) is 17.0. The topological polar surface area (TPSA) is 53.9 Å². The minimum Gasteiger partial charge on any atom is -0.344 e. The predicted octanol–water partition coefficient (Wildman–Crippen LogP) is 0.383. The molecule has 24 heavy (non-hydrogen) atoms. The number of piperazine rings is 1. The van der Waals surface area contributed by atoms with E-state index in [9.17, 15) is 9.59 Å². The number of quaternary nitrogens is 1. The quantitative estimate of drug-likeness (QED) is 0.819. The lowest BCUT2D eigenvalue weighted by Crippen LogP contribution is -3.13. The Balaban J connectivity index is 1.89. The van der Waals surface area contributed by atoms with Gasteiger partial charge in [-0.2, -0.15) is 0 Å². The number of carbonyl (C=O) groups is 2. The van der Waals surface area contributed by atoms with Gasteiger partial charge in [-0.3, -0.25) is 9.59 Å². The maximum Gasteiger partial charge on any atom is 0.245 e. The number of amides is 2. The predicted molar refractivity (Wildman–Crippen MR) is 94.6 cm³/mol. The fraction of sp³-hybridized carbons (Fsp3) is 0.579. The summed E-state index contributed by atoms with van der Waals surface area (Å²) < 4.78 is 0. The Bertz CT molecular complexity index is 578. The lowest BCUT2D eigenvalue weighted by atomic mass is 10.0. The monoisotopic (exact) mass is 332 g/mol. The van der Waals surface area contributed by atoms with Gasteiger partial charge in [0.25, 0.3) is 0 Å². The Morgan fingerprint density at radius 3 is 2.46 bits per heavy atom. The minimum absolute atomic E-state index is 0.0507. The van der Waals surface area contributed by atoms with Crippen molar-refractivity contribution in [3.8, 4) is 0 Å². The summed E-state index contributed by atoms with van der Waals surface area (Å²) >= 11 is 0. The Hall–Kier alpha value is -1.88. The first-order valence-electron chi connectivity index (χ1n) is 8.82. The van der Waals surface area contributed by atoms with Crippen LogP contribution in [0.5, 0.6) is 0 Å². The van der Waals surface area contributed by atoms with Gasteiger partial charge in [-0.25, -0.2) is 0 Å². The van der Waals surface area contributed by atoms with Gasteiger partial charge in [0.05, 0.1) is 26.2 Å². The van der Waals surface area contributed by atoms with E-state index in [1.54, 1.807) is 0 Å². The van der Waals surface area contributed by atoms with Crippen LogP contribution in [0.1, 0.15) is 31.9 Å². The molecule has 0 unspecified atom stereocenters. The van der Waals surface area contributed by atoms with Crippen molar-refractivity contribution in [3.05, 3.63) is 35.4 Å². The molecule has 1 saturated heterocycles. The summed E-state index contributed by atoms with van der Waals surface area (Å²) in [5.41, 5.74) is 2.64. The van der Waals surface area contributed by atoms with Crippen LogP contribution in [0, 0.1) is 12.8 Å². The molecule has 0 aromatic heterocycles. The zero-order chi connectivity index (χ0) is 17.7. The van der Waals surface area contributed by atoms with E-state index in [1.807, 2.05) is 18.7 Å². The number of carbonyl (C=O) groups excluding carboxylic acids is 2. The summed E-state index contributed by atoms with van der Waals surface area (Å²) in [7, 11) is 0. The van der Waals surface area contributed by atoms with E-state index in [4.69, 9.17) is 0 Å². The molecular weight excluding hydrogens is 302 g/mol. The fourth-order valence-electron chi connectivity index (χ4n) is 3.26. The average molecular weight is 332 g/mol. The first kappa shape index (κ1) is 18.5. The molecule has 1 fully saturated rings. The van der Waals surface area contributed by atoms with Crippen molar-refractivity contribution in [3.63, 3.8) is 0 Å². The van der Waals surface area contributed by atoms with Crippen molar-refractivity contribution in [1.82, 2.24) is 10.2 Å². The second kappa shape index (κ2) is 8.29. The smallest absolute Gasteiger partial charge is 0.245 e. The molecule has 2 amide bonds. The molecular formula is C19H30N3O2+. The van der Waals surface area contributed by atoms with Crippen molar-refractivity contribution in [1.29, 1.82) is 0 Å². The van der Waals surface area contributed by atoms with Crippen LogP contribution in [0.25, 0.3) is 0 Å². The zero-order valence-corrected chi connectivity index (χ0v) is 15.3. The van der Waals surface area contributed by atoms with Gasteiger partial charge in [-0.05, 0) is 12.8 Å². The highest BCUT2D eigenvalue weighted by atomic mass is 16.2. The number of hydrogen-bond acceptors (Lipinski definition) is 2. The van der Waals surface area contributed by atoms with Gasteiger partial charge < -0.3 is 15.1 Å². The molecule has 1 aromatic rings. The maximum absolute atomic E-state index is 12.7. The molecule has 1 aliphatic heterocycles. The van der Waals surface area contributed by atoms with Crippen molar-refractivity contribution in [2.24, 2.45) is 5.92 Å². The molecule has 0 spiro atoms. The number of nitrogens with one attached hydrogen (secondary N) is 2. The van der Waals surface area contributed by atoms with Gasteiger partial charge in [-0.15, -0.1) is 0 Å². The van der Waals surface area contributed by atoms with Crippen LogP contribution in [0.4, 0.5) is 0 Å². The van der Waals surface area contributed by atoms with E-state index in [2.05, 4.69) is 36.5 Å². The minimum atomic E-state index is -0.416. The first-order valence-corrected chi connectivity index (χ1v) is 8.82. The Kier molecular flexibility index (Phi) is 6.37. The molecule has 1 aromatic carbocycles. The molecule has 0 aliphatic carbocycles. The van der Waals surface area contributed by atoms with E-state index >= 15 is 0 Å². The van der Waals surface area contributed by atoms with Crippen LogP contribution in [0.2, 0.25) is 0 Å². The standard InChI is InChI=1S/C19H29N3O2/c1-14(2)18(20-16(4)23)19(24)22-10-8-21(9-11-22)13-17-7-5-6-15(3)12-17/h5-7,12,14,18H,8-11,13H2,1-4H3,(H,20,23)/p+1/t18-/m1/s1. The van der Waals surface area contributed by atoms with Gasteiger partial charge >= 0.3 is 0 Å². The summed E-state index contributed by atoms with van der Waals surface area (Å²) in [6.45, 7) is 11.9. The van der Waals surface area contributed by atoms with Crippen molar-refractivity contribution >= 4 is 11.8 Å². The Morgan fingerprint density at radius 2 is 1.92 bits per heavy atom. The van der Waals surface area contributed by atoms with Gasteiger partial charge in [-0.1, -0.05) is 43.7 Å². The number of benzene rings is 1. The largest absolute Gasteiger partial charge is 0.344 e. The third-order valence-corrected chi connectivity index (χ3v) is 4.61. The van der Waals surface area contributed by atoms with E-state index in [-0.39, 0.29) is 17.7 Å². The van der Waals surface area contributed by atoms with Crippen LogP contribution in [-0.2, 0) is 16.1 Å². The second-order valence-electron chi connectivity index (χ2n) is 7.16. The zero-order valence-electron chi connectivity index (χ0n) is 15.3. The molecule has 0 bridgehead atoms. The molecule has 132 valence electrons. The highest BCUT2D eigenvalue weighted by Gasteiger charge is 2.31. The van der Waals surface area contributed by atoms with E-state index in [0.717, 1.165) is 32.7 Å². The molecule has 1 atom stereocenters. The van der Waals surface area contributed by atoms with Crippen LogP contribution < -0.4 is 10.2 Å². The second-order valence-corrected chi connectivity index (χ2v) is 7.16. The highest BCUT2D eigenvalue weighted by molar-refractivity contribution is 5.87. The van der Waals surface area contributed by atoms with Crippen LogP contribution in [0.3, 0.4) is 0 Å². The van der Waals surface area contributed by atoms with E-state index in [0.29, 0.717) is 0 Å². The van der Waals surface area contributed by atoms with Crippen molar-refractivity contribution < 1.29 is 14.5 Å². The molecule has 0 radical (unpaired) electrons. The number of rotatable bonds is 5. The number of nitrogens with zero attached hydrogens (tertiary/aromatic N) is 1. The third-order valence-electron chi connectivity index (χ3n) is 4.61. The summed E-state index contributed by atoms with van der Waals surface area (Å²) in [6, 6.07) is 8.20. The van der Waals surface area contributed by atoms with Gasteiger partial charge in [0.15, 0.2) is 0 Å². The molecule has 5 nitrogen and oxygen atoms in total. The summed E-state index contributed by atoms with van der Waals surface area (Å²) in [5.74, 6) is -0.000338. The average Bonchev–Trinajstić information content (AvgIpc) is 2.52. The van der Waals surface area contributed by atoms with E-state index in [1.165, 1.54) is 23.0 Å².